The lowest BCUT2D eigenvalue weighted by Crippen LogP contribution is -2.31. The van der Waals surface area contributed by atoms with Crippen molar-refractivity contribution < 1.29 is 8.42 Å². The van der Waals surface area contributed by atoms with Crippen molar-refractivity contribution in [1.29, 1.82) is 0 Å². The molecule has 0 aromatic heterocycles. The Morgan fingerprint density at radius 3 is 2.32 bits per heavy atom. The predicted octanol–water partition coefficient (Wildman–Crippen LogP) is 4.37. The highest BCUT2D eigenvalue weighted by atomic mass is 79.9. The summed E-state index contributed by atoms with van der Waals surface area (Å²) in [7, 11) is -3.10. The molecule has 1 aromatic carbocycles. The zero-order chi connectivity index (χ0) is 14.7. The molecule has 1 aromatic rings. The van der Waals surface area contributed by atoms with Crippen molar-refractivity contribution in [2.45, 2.75) is 37.9 Å². The molecule has 2 nitrogen and oxygen atoms in total. The maximum atomic E-state index is 12.1. The second-order valence-electron chi connectivity index (χ2n) is 5.59. The first-order valence-electron chi connectivity index (χ1n) is 6.21. The third-order valence-corrected chi connectivity index (χ3v) is 6.93. The molecule has 1 rings (SSSR count). The Morgan fingerprint density at radius 2 is 1.84 bits per heavy atom. The van der Waals surface area contributed by atoms with Crippen LogP contribution in [0.2, 0.25) is 0 Å². The zero-order valence-corrected chi connectivity index (χ0v) is 14.6. The molecule has 0 aliphatic carbocycles. The van der Waals surface area contributed by atoms with Crippen molar-refractivity contribution in [2.75, 3.05) is 11.6 Å². The van der Waals surface area contributed by atoms with E-state index in [-0.39, 0.29) is 11.7 Å². The van der Waals surface area contributed by atoms with Crippen molar-refractivity contribution in [2.24, 2.45) is 0 Å². The van der Waals surface area contributed by atoms with Gasteiger partial charge in [-0.2, -0.15) is 0 Å². The highest BCUT2D eigenvalue weighted by Gasteiger charge is 2.29. The summed E-state index contributed by atoms with van der Waals surface area (Å²) >= 11 is 9.49. The molecule has 0 aliphatic heterocycles. The van der Waals surface area contributed by atoms with Crippen LogP contribution in [0.15, 0.2) is 28.7 Å². The van der Waals surface area contributed by atoms with Gasteiger partial charge in [0.1, 0.15) is 0 Å². The van der Waals surface area contributed by atoms with Gasteiger partial charge in [-0.1, -0.05) is 34.1 Å². The third kappa shape index (κ3) is 4.47. The average molecular weight is 368 g/mol. The number of rotatable bonds is 5. The van der Waals surface area contributed by atoms with Crippen molar-refractivity contribution in [3.8, 4) is 0 Å². The topological polar surface area (TPSA) is 34.1 Å². The zero-order valence-electron chi connectivity index (χ0n) is 11.5. The van der Waals surface area contributed by atoms with Crippen LogP contribution in [0, 0.1) is 0 Å². The van der Waals surface area contributed by atoms with Gasteiger partial charge in [0.05, 0.1) is 10.5 Å². The van der Waals surface area contributed by atoms with E-state index in [4.69, 9.17) is 11.6 Å². The molecule has 0 aliphatic rings. The molecular weight excluding hydrogens is 348 g/mol. The Balaban J connectivity index is 2.84. The Hall–Kier alpha value is -0.0600. The van der Waals surface area contributed by atoms with E-state index in [0.717, 1.165) is 10.0 Å². The minimum absolute atomic E-state index is 0.0503. The van der Waals surface area contributed by atoms with Gasteiger partial charge in [0.15, 0.2) is 9.84 Å². The Kier molecular flexibility index (Phi) is 5.90. The minimum atomic E-state index is -3.10. The van der Waals surface area contributed by atoms with Gasteiger partial charge in [0.25, 0.3) is 0 Å². The highest BCUT2D eigenvalue weighted by Crippen LogP contribution is 2.30. The van der Waals surface area contributed by atoms with Crippen LogP contribution in [0.5, 0.6) is 0 Å². The lowest BCUT2D eigenvalue weighted by molar-refractivity contribution is 0.554. The van der Waals surface area contributed by atoms with E-state index in [2.05, 4.69) is 15.9 Å². The fourth-order valence-electron chi connectivity index (χ4n) is 1.73. The molecule has 1 atom stereocenters. The molecular formula is C14H20BrClO2S. The molecule has 0 heterocycles. The van der Waals surface area contributed by atoms with Gasteiger partial charge < -0.3 is 0 Å². The smallest absolute Gasteiger partial charge is 0.155 e. The number of benzene rings is 1. The maximum Gasteiger partial charge on any atom is 0.155 e. The number of hydrogen-bond acceptors (Lipinski definition) is 2. The number of hydrogen-bond donors (Lipinski definition) is 0. The lowest BCUT2D eigenvalue weighted by Gasteiger charge is -2.22. The van der Waals surface area contributed by atoms with Crippen LogP contribution in [0.25, 0.3) is 0 Å². The molecule has 0 saturated heterocycles. The summed E-state index contributed by atoms with van der Waals surface area (Å²) in [5.74, 6) is 0.631. The van der Waals surface area contributed by atoms with E-state index in [1.807, 2.05) is 24.3 Å². The summed E-state index contributed by atoms with van der Waals surface area (Å²) in [6, 6.07) is 7.82. The molecule has 108 valence electrons. The Bertz CT molecular complexity index is 520. The fourth-order valence-corrected chi connectivity index (χ4v) is 3.86. The molecule has 0 N–H and O–H groups in total. The van der Waals surface area contributed by atoms with Gasteiger partial charge in [0, 0.05) is 10.4 Å². The van der Waals surface area contributed by atoms with Crippen molar-refractivity contribution in [3.63, 3.8) is 0 Å². The van der Waals surface area contributed by atoms with Gasteiger partial charge in [-0.15, -0.1) is 11.6 Å². The summed E-state index contributed by atoms with van der Waals surface area (Å²) in [6.07, 6.45) is 0.547. The summed E-state index contributed by atoms with van der Waals surface area (Å²) in [6.45, 7) is 5.20. The van der Waals surface area contributed by atoms with E-state index < -0.39 is 14.6 Å². The molecule has 0 spiro atoms. The Morgan fingerprint density at radius 1 is 1.26 bits per heavy atom. The van der Waals surface area contributed by atoms with Gasteiger partial charge in [-0.05, 0) is 44.7 Å². The number of halogens is 2. The van der Waals surface area contributed by atoms with Crippen LogP contribution in [0.1, 0.15) is 38.7 Å². The van der Waals surface area contributed by atoms with Gasteiger partial charge in [-0.25, -0.2) is 8.42 Å². The fraction of sp³-hybridized carbons (Fsp3) is 0.571. The lowest BCUT2D eigenvalue weighted by atomic mass is 9.99. The van der Waals surface area contributed by atoms with Crippen LogP contribution in [0.3, 0.4) is 0 Å². The van der Waals surface area contributed by atoms with Crippen LogP contribution >= 0.6 is 27.5 Å². The monoisotopic (exact) mass is 366 g/mol. The third-order valence-electron chi connectivity index (χ3n) is 3.20. The van der Waals surface area contributed by atoms with Crippen LogP contribution in [-0.4, -0.2) is 24.8 Å². The van der Waals surface area contributed by atoms with Crippen molar-refractivity contribution >= 4 is 37.4 Å². The van der Waals surface area contributed by atoms with Gasteiger partial charge >= 0.3 is 0 Å². The second-order valence-corrected chi connectivity index (χ2v) is 9.62. The predicted molar refractivity (Wildman–Crippen MR) is 85.8 cm³/mol. The second kappa shape index (κ2) is 6.59. The molecule has 0 radical (unpaired) electrons. The largest absolute Gasteiger partial charge is 0.228 e. The van der Waals surface area contributed by atoms with Crippen molar-refractivity contribution in [1.82, 2.24) is 0 Å². The molecule has 0 saturated carbocycles. The minimum Gasteiger partial charge on any atom is -0.228 e. The van der Waals surface area contributed by atoms with Crippen LogP contribution < -0.4 is 0 Å². The first kappa shape index (κ1) is 17.0. The molecule has 19 heavy (non-hydrogen) atoms. The first-order valence-corrected chi connectivity index (χ1v) is 9.19. The summed E-state index contributed by atoms with van der Waals surface area (Å²) in [4.78, 5) is 0. The van der Waals surface area contributed by atoms with Crippen molar-refractivity contribution in [3.05, 3.63) is 34.3 Å². The Labute approximate surface area is 129 Å². The van der Waals surface area contributed by atoms with Crippen LogP contribution in [0.4, 0.5) is 0 Å². The van der Waals surface area contributed by atoms with E-state index >= 15 is 0 Å². The molecule has 0 fully saturated rings. The standard InChI is InChI=1S/C14H20BrClO2S/c1-14(2,3)19(17,18)9-8-11(10-16)12-6-4-5-7-13(12)15/h4-7,11H,8-10H2,1-3H3. The van der Waals surface area contributed by atoms with Crippen LogP contribution in [-0.2, 0) is 9.84 Å². The number of sulfone groups is 1. The van der Waals surface area contributed by atoms with E-state index in [0.29, 0.717) is 12.3 Å². The summed E-state index contributed by atoms with van der Waals surface area (Å²) < 4.78 is 24.5. The number of alkyl halides is 1. The molecule has 5 heteroatoms. The quantitative estimate of drug-likeness (QED) is 0.724. The molecule has 0 bridgehead atoms. The van der Waals surface area contributed by atoms with E-state index in [1.54, 1.807) is 20.8 Å². The summed E-state index contributed by atoms with van der Waals surface area (Å²) in [5.41, 5.74) is 1.07. The summed E-state index contributed by atoms with van der Waals surface area (Å²) in [5, 5.41) is 0. The average Bonchev–Trinajstić information content (AvgIpc) is 2.30. The first-order chi connectivity index (χ1) is 8.69. The maximum absolute atomic E-state index is 12.1. The van der Waals surface area contributed by atoms with Gasteiger partial charge in [0.2, 0.25) is 0 Å². The van der Waals surface area contributed by atoms with E-state index in [1.165, 1.54) is 0 Å². The van der Waals surface area contributed by atoms with Gasteiger partial charge in [-0.3, -0.25) is 0 Å². The molecule has 0 amide bonds. The normalized spacial score (nSPS) is 14.4. The SMILES string of the molecule is CC(C)(C)S(=O)(=O)CCC(CCl)c1ccccc1Br. The molecule has 1 unspecified atom stereocenters. The van der Waals surface area contributed by atoms with E-state index in [9.17, 15) is 8.42 Å². The highest BCUT2D eigenvalue weighted by molar-refractivity contribution is 9.10.